The van der Waals surface area contributed by atoms with Crippen molar-refractivity contribution in [1.29, 1.82) is 0 Å². The van der Waals surface area contributed by atoms with Crippen molar-refractivity contribution in [3.8, 4) is 0 Å². The molecule has 1 spiro atoms. The van der Waals surface area contributed by atoms with Crippen LogP contribution < -0.4 is 5.32 Å². The van der Waals surface area contributed by atoms with Gasteiger partial charge in [0.1, 0.15) is 0 Å². The number of ether oxygens (including phenoxy) is 2. The van der Waals surface area contributed by atoms with Crippen molar-refractivity contribution in [3.63, 3.8) is 0 Å². The number of rotatable bonds is 3. The van der Waals surface area contributed by atoms with Gasteiger partial charge in [-0.05, 0) is 31.6 Å². The first-order chi connectivity index (χ1) is 9.65. The number of hydrogen-bond donors (Lipinski definition) is 2. The molecule has 0 amide bonds. The standard InChI is InChI=1S/C16H29NO3/c1-13-3-2-5-15(9-13,11-18)17-14-4-7-20-16(10-14)6-8-19-12-16/h13-14,17-18H,2-12H2,1H3. The lowest BCUT2D eigenvalue weighted by Gasteiger charge is -2.45. The monoisotopic (exact) mass is 283 g/mol. The van der Waals surface area contributed by atoms with Gasteiger partial charge in [-0.25, -0.2) is 0 Å². The Bertz CT molecular complexity index is 330. The molecule has 2 heterocycles. The minimum absolute atomic E-state index is 0.0488. The molecular weight excluding hydrogens is 254 g/mol. The van der Waals surface area contributed by atoms with E-state index in [2.05, 4.69) is 12.2 Å². The third-order valence-corrected chi connectivity index (χ3v) is 5.46. The normalized spacial score (nSPS) is 45.9. The van der Waals surface area contributed by atoms with Gasteiger partial charge < -0.3 is 19.9 Å². The van der Waals surface area contributed by atoms with Crippen LogP contribution in [-0.2, 0) is 9.47 Å². The molecular formula is C16H29NO3. The van der Waals surface area contributed by atoms with Gasteiger partial charge in [-0.3, -0.25) is 0 Å². The Morgan fingerprint density at radius 3 is 2.80 bits per heavy atom. The summed E-state index contributed by atoms with van der Waals surface area (Å²) in [6, 6.07) is 0.461. The smallest absolute Gasteiger partial charge is 0.0951 e. The molecule has 2 saturated heterocycles. The molecule has 1 saturated carbocycles. The summed E-state index contributed by atoms with van der Waals surface area (Å²) in [7, 11) is 0. The fourth-order valence-electron chi connectivity index (χ4n) is 4.43. The number of hydrogen-bond acceptors (Lipinski definition) is 4. The van der Waals surface area contributed by atoms with Gasteiger partial charge in [-0.15, -0.1) is 0 Å². The van der Waals surface area contributed by atoms with Crippen molar-refractivity contribution in [3.05, 3.63) is 0 Å². The van der Waals surface area contributed by atoms with Crippen LogP contribution in [0.3, 0.4) is 0 Å². The first-order valence-electron chi connectivity index (χ1n) is 8.26. The zero-order valence-electron chi connectivity index (χ0n) is 12.7. The van der Waals surface area contributed by atoms with Crippen molar-refractivity contribution in [2.24, 2.45) is 5.92 Å². The summed E-state index contributed by atoms with van der Waals surface area (Å²) >= 11 is 0. The van der Waals surface area contributed by atoms with Crippen molar-refractivity contribution < 1.29 is 14.6 Å². The molecule has 4 nitrogen and oxygen atoms in total. The summed E-state index contributed by atoms with van der Waals surface area (Å²) in [4.78, 5) is 0. The third kappa shape index (κ3) is 3.03. The van der Waals surface area contributed by atoms with Crippen LogP contribution >= 0.6 is 0 Å². The molecule has 0 aromatic rings. The molecule has 4 heteroatoms. The van der Waals surface area contributed by atoms with Gasteiger partial charge >= 0.3 is 0 Å². The Kier molecular flexibility index (Phi) is 4.37. The fourth-order valence-corrected chi connectivity index (χ4v) is 4.43. The van der Waals surface area contributed by atoms with E-state index in [0.717, 1.165) is 51.9 Å². The van der Waals surface area contributed by atoms with Gasteiger partial charge in [0.2, 0.25) is 0 Å². The van der Waals surface area contributed by atoms with Crippen molar-refractivity contribution >= 4 is 0 Å². The molecule has 20 heavy (non-hydrogen) atoms. The predicted molar refractivity (Wildman–Crippen MR) is 77.7 cm³/mol. The van der Waals surface area contributed by atoms with Gasteiger partial charge in [0.25, 0.3) is 0 Å². The fraction of sp³-hybridized carbons (Fsp3) is 1.00. The van der Waals surface area contributed by atoms with Crippen LogP contribution in [0.2, 0.25) is 0 Å². The minimum Gasteiger partial charge on any atom is -0.394 e. The maximum absolute atomic E-state index is 9.93. The van der Waals surface area contributed by atoms with Crippen molar-refractivity contribution in [2.75, 3.05) is 26.4 Å². The van der Waals surface area contributed by atoms with Gasteiger partial charge in [-0.2, -0.15) is 0 Å². The molecule has 116 valence electrons. The van der Waals surface area contributed by atoms with E-state index in [1.807, 2.05) is 0 Å². The molecule has 0 aromatic carbocycles. The number of aliphatic hydroxyl groups excluding tert-OH is 1. The van der Waals surface area contributed by atoms with Crippen LogP contribution in [0.15, 0.2) is 0 Å². The van der Waals surface area contributed by atoms with E-state index in [9.17, 15) is 5.11 Å². The third-order valence-electron chi connectivity index (χ3n) is 5.46. The summed E-state index contributed by atoms with van der Waals surface area (Å²) in [5, 5.41) is 13.7. The van der Waals surface area contributed by atoms with Crippen LogP contribution in [0.4, 0.5) is 0 Å². The summed E-state index contributed by atoms with van der Waals surface area (Å²) < 4.78 is 11.5. The topological polar surface area (TPSA) is 50.7 Å². The van der Waals surface area contributed by atoms with Crippen LogP contribution in [0.5, 0.6) is 0 Å². The first-order valence-corrected chi connectivity index (χ1v) is 8.26. The van der Waals surface area contributed by atoms with Crippen LogP contribution in [0, 0.1) is 5.92 Å². The SMILES string of the molecule is CC1CCCC(CO)(NC2CCOC3(CCOC3)C2)C1. The second-order valence-electron chi connectivity index (χ2n) is 7.31. The molecule has 2 N–H and O–H groups in total. The molecule has 2 aliphatic heterocycles. The Labute approximate surface area is 122 Å². The largest absolute Gasteiger partial charge is 0.394 e. The quantitative estimate of drug-likeness (QED) is 0.830. The van der Waals surface area contributed by atoms with E-state index in [1.165, 1.54) is 12.8 Å². The van der Waals surface area contributed by atoms with Crippen LogP contribution in [0.1, 0.15) is 51.9 Å². The van der Waals surface area contributed by atoms with E-state index in [1.54, 1.807) is 0 Å². The maximum atomic E-state index is 9.93. The van der Waals surface area contributed by atoms with Crippen molar-refractivity contribution in [2.45, 2.75) is 69.1 Å². The second-order valence-corrected chi connectivity index (χ2v) is 7.31. The lowest BCUT2D eigenvalue weighted by atomic mass is 9.75. The Hall–Kier alpha value is -0.160. The highest BCUT2D eigenvalue weighted by atomic mass is 16.6. The Morgan fingerprint density at radius 1 is 1.20 bits per heavy atom. The molecule has 3 aliphatic rings. The van der Waals surface area contributed by atoms with E-state index in [-0.39, 0.29) is 17.7 Å². The predicted octanol–water partition coefficient (Wildman–Crippen LogP) is 1.86. The molecule has 4 unspecified atom stereocenters. The summed E-state index contributed by atoms with van der Waals surface area (Å²) in [6.45, 7) is 4.96. The highest BCUT2D eigenvalue weighted by molar-refractivity contribution is 4.99. The van der Waals surface area contributed by atoms with E-state index < -0.39 is 0 Å². The van der Waals surface area contributed by atoms with E-state index in [4.69, 9.17) is 9.47 Å². The van der Waals surface area contributed by atoms with E-state index >= 15 is 0 Å². The molecule has 0 radical (unpaired) electrons. The highest BCUT2D eigenvalue weighted by Crippen LogP contribution is 2.36. The molecule has 3 rings (SSSR count). The Morgan fingerprint density at radius 2 is 2.10 bits per heavy atom. The highest BCUT2D eigenvalue weighted by Gasteiger charge is 2.44. The minimum atomic E-state index is -0.0552. The van der Waals surface area contributed by atoms with E-state index in [0.29, 0.717) is 12.0 Å². The lowest BCUT2D eigenvalue weighted by Crippen LogP contribution is -2.58. The van der Waals surface area contributed by atoms with Gasteiger partial charge in [0, 0.05) is 31.2 Å². The lowest BCUT2D eigenvalue weighted by molar-refractivity contribution is -0.0950. The Balaban J connectivity index is 1.63. The summed E-state index contributed by atoms with van der Waals surface area (Å²) in [6.07, 6.45) is 7.84. The number of aliphatic hydroxyl groups is 1. The average Bonchev–Trinajstić information content (AvgIpc) is 2.87. The summed E-state index contributed by atoms with van der Waals surface area (Å²) in [5.41, 5.74) is -0.104. The zero-order chi connectivity index (χ0) is 14.1. The molecule has 0 aromatic heterocycles. The van der Waals surface area contributed by atoms with Gasteiger partial charge in [-0.1, -0.05) is 19.8 Å². The van der Waals surface area contributed by atoms with Gasteiger partial charge in [0.15, 0.2) is 0 Å². The van der Waals surface area contributed by atoms with Crippen molar-refractivity contribution in [1.82, 2.24) is 5.32 Å². The number of nitrogens with one attached hydrogen (secondary N) is 1. The molecule has 0 bridgehead atoms. The average molecular weight is 283 g/mol. The molecule has 3 fully saturated rings. The van der Waals surface area contributed by atoms with Gasteiger partial charge in [0.05, 0.1) is 18.8 Å². The summed E-state index contributed by atoms with van der Waals surface area (Å²) in [5.74, 6) is 0.715. The molecule has 1 aliphatic carbocycles. The molecule has 4 atom stereocenters. The maximum Gasteiger partial charge on any atom is 0.0951 e. The zero-order valence-corrected chi connectivity index (χ0v) is 12.7. The van der Waals surface area contributed by atoms with Crippen LogP contribution in [0.25, 0.3) is 0 Å². The first kappa shape index (κ1) is 14.8. The van der Waals surface area contributed by atoms with Crippen LogP contribution in [-0.4, -0.2) is 48.7 Å². The second kappa shape index (κ2) is 5.91.